The molecule has 11 heteroatoms. The van der Waals surface area contributed by atoms with Crippen LogP contribution in [-0.4, -0.2) is 38.4 Å². The zero-order chi connectivity index (χ0) is 24.1. The van der Waals surface area contributed by atoms with E-state index in [-0.39, 0.29) is 29.2 Å². The lowest BCUT2D eigenvalue weighted by atomic mass is 9.89. The van der Waals surface area contributed by atoms with E-state index in [4.69, 9.17) is 10.5 Å². The van der Waals surface area contributed by atoms with E-state index >= 15 is 0 Å². The average Bonchev–Trinajstić information content (AvgIpc) is 3.02. The van der Waals surface area contributed by atoms with Gasteiger partial charge in [0.05, 0.1) is 27.0 Å². The number of fused-ring (bicyclic) bond motifs is 1. The summed E-state index contributed by atoms with van der Waals surface area (Å²) in [6.45, 7) is 5.66. The van der Waals surface area contributed by atoms with Crippen molar-refractivity contribution < 1.29 is 31.6 Å². The maximum atomic E-state index is 13.8. The van der Waals surface area contributed by atoms with E-state index in [0.717, 1.165) is 18.2 Å². The highest BCUT2D eigenvalue weighted by Crippen LogP contribution is 2.47. The van der Waals surface area contributed by atoms with Crippen LogP contribution in [0.5, 0.6) is 5.75 Å². The maximum absolute atomic E-state index is 13.8. The van der Waals surface area contributed by atoms with Crippen molar-refractivity contribution in [3.05, 3.63) is 47.4 Å². The van der Waals surface area contributed by atoms with Gasteiger partial charge < -0.3 is 15.6 Å². The summed E-state index contributed by atoms with van der Waals surface area (Å²) in [6.07, 6.45) is -5.11. The number of nitrogens with one attached hydrogen (secondary N) is 1. The van der Waals surface area contributed by atoms with Crippen molar-refractivity contribution in [2.75, 3.05) is 13.2 Å². The Kier molecular flexibility index (Phi) is 6.18. The molecular weight excluding hydrogens is 450 g/mol. The first kappa shape index (κ1) is 24.6. The van der Waals surface area contributed by atoms with Crippen LogP contribution in [0.4, 0.5) is 17.6 Å². The topological polar surface area (TPSA) is 97.5 Å². The van der Waals surface area contributed by atoms with Crippen LogP contribution in [0, 0.1) is 5.82 Å². The lowest BCUT2D eigenvalue weighted by molar-refractivity contribution is -0.263. The Labute approximate surface area is 185 Å². The molecule has 6 nitrogen and oxygen atoms in total. The van der Waals surface area contributed by atoms with Gasteiger partial charge in [0, 0.05) is 17.7 Å². The van der Waals surface area contributed by atoms with Gasteiger partial charge in [0.2, 0.25) is 5.60 Å². The Morgan fingerprint density at radius 2 is 1.84 bits per heavy atom. The highest BCUT2D eigenvalue weighted by atomic mass is 32.2. The number of benzene rings is 1. The van der Waals surface area contributed by atoms with Crippen molar-refractivity contribution in [2.24, 2.45) is 5.73 Å². The van der Waals surface area contributed by atoms with Crippen molar-refractivity contribution >= 4 is 11.0 Å². The average molecular weight is 476 g/mol. The van der Waals surface area contributed by atoms with Crippen LogP contribution in [0.25, 0.3) is 11.3 Å². The summed E-state index contributed by atoms with van der Waals surface area (Å²) >= 11 is 0. The summed E-state index contributed by atoms with van der Waals surface area (Å²) in [6, 6.07) is 6.03. The molecule has 4 N–H and O–H groups in total. The monoisotopic (exact) mass is 475 g/mol. The third kappa shape index (κ3) is 4.26. The van der Waals surface area contributed by atoms with E-state index in [9.17, 15) is 26.9 Å². The molecule has 0 radical (unpaired) electrons. The molecule has 0 aliphatic carbocycles. The Bertz CT molecular complexity index is 1040. The van der Waals surface area contributed by atoms with Gasteiger partial charge >= 0.3 is 6.18 Å². The van der Waals surface area contributed by atoms with Crippen LogP contribution in [0.3, 0.4) is 0 Å². The molecule has 2 heterocycles. The van der Waals surface area contributed by atoms with Gasteiger partial charge in [0.1, 0.15) is 18.1 Å². The van der Waals surface area contributed by atoms with Crippen molar-refractivity contribution in [3.8, 4) is 17.0 Å². The molecule has 3 atom stereocenters. The first-order chi connectivity index (χ1) is 14.6. The normalized spacial score (nSPS) is 21.6. The van der Waals surface area contributed by atoms with Crippen molar-refractivity contribution in [1.82, 2.24) is 9.71 Å². The number of pyridine rings is 1. The van der Waals surface area contributed by atoms with Crippen molar-refractivity contribution in [3.63, 3.8) is 0 Å². The summed E-state index contributed by atoms with van der Waals surface area (Å²) in [7, 11) is -1.58. The Morgan fingerprint density at radius 3 is 2.34 bits per heavy atom. The zero-order valence-electron chi connectivity index (χ0n) is 18.0. The molecular formula is C21H25F4N3O3S. The maximum Gasteiger partial charge on any atom is 0.424 e. The van der Waals surface area contributed by atoms with Crippen LogP contribution in [0.15, 0.2) is 30.3 Å². The van der Waals surface area contributed by atoms with E-state index in [1.807, 2.05) is 0 Å². The van der Waals surface area contributed by atoms with Crippen LogP contribution in [0.1, 0.15) is 39.0 Å². The van der Waals surface area contributed by atoms with Gasteiger partial charge in [-0.05, 0) is 58.0 Å². The number of halogens is 4. The summed E-state index contributed by atoms with van der Waals surface area (Å²) in [5, 5.41) is 10.5. The second kappa shape index (κ2) is 8.05. The molecule has 0 bridgehead atoms. The molecule has 1 aliphatic heterocycles. The van der Waals surface area contributed by atoms with Crippen molar-refractivity contribution in [1.29, 1.82) is 0 Å². The molecule has 0 unspecified atom stereocenters. The number of hydrogen-bond acceptors (Lipinski definition) is 5. The van der Waals surface area contributed by atoms with Gasteiger partial charge in [-0.2, -0.15) is 13.2 Å². The van der Waals surface area contributed by atoms with Gasteiger partial charge in [0.15, 0.2) is 5.75 Å². The minimum atomic E-state index is -5.11. The van der Waals surface area contributed by atoms with Crippen molar-refractivity contribution in [2.45, 2.75) is 49.8 Å². The second-order valence-electron chi connectivity index (χ2n) is 8.91. The zero-order valence-corrected chi connectivity index (χ0v) is 18.8. The highest BCUT2D eigenvalue weighted by Gasteiger charge is 2.56. The van der Waals surface area contributed by atoms with E-state index in [1.54, 1.807) is 27.7 Å². The summed E-state index contributed by atoms with van der Waals surface area (Å²) < 4.78 is 75.6. The van der Waals surface area contributed by atoms with E-state index in [2.05, 4.69) is 9.71 Å². The van der Waals surface area contributed by atoms with E-state index in [0.29, 0.717) is 0 Å². The molecule has 2 aromatic rings. The predicted octanol–water partition coefficient (Wildman–Crippen LogP) is 3.26. The first-order valence-electron chi connectivity index (χ1n) is 9.76. The quantitative estimate of drug-likeness (QED) is 0.577. The number of aliphatic hydroxyl groups is 1. The Morgan fingerprint density at radius 1 is 1.25 bits per heavy atom. The fourth-order valence-electron chi connectivity index (χ4n) is 3.21. The van der Waals surface area contributed by atoms with Crippen LogP contribution in [0.2, 0.25) is 0 Å². The van der Waals surface area contributed by atoms with Crippen LogP contribution >= 0.6 is 0 Å². The SMILES string of the molecule is CC(C)(C)[S@@](=O)N[C@]1(C)COc2c1cc([C@](O)(CN)C(F)(F)F)nc2-c1ccc(F)cc1. The fourth-order valence-corrected chi connectivity index (χ4v) is 4.09. The third-order valence-electron chi connectivity index (χ3n) is 5.25. The number of rotatable bonds is 5. The molecule has 32 heavy (non-hydrogen) atoms. The molecule has 1 aromatic carbocycles. The standard InChI is InChI=1S/C21H25F4N3O3S/c1-18(2,3)32(30)28-19(4)11-31-17-14(19)9-15(20(29,10-26)21(23,24)25)27-16(17)12-5-7-13(22)8-6-12/h5-9,28-29H,10-11,26H2,1-4H3/t19-,20-,32-/m1/s1. The summed E-state index contributed by atoms with van der Waals surface area (Å²) in [5.41, 5.74) is 0.523. The van der Waals surface area contributed by atoms with E-state index < -0.39 is 51.1 Å². The molecule has 0 saturated heterocycles. The number of hydrogen-bond donors (Lipinski definition) is 3. The number of alkyl halides is 3. The molecule has 0 spiro atoms. The fraction of sp³-hybridized carbons (Fsp3) is 0.476. The first-order valence-corrected chi connectivity index (χ1v) is 10.9. The van der Waals surface area contributed by atoms with Gasteiger partial charge in [-0.15, -0.1) is 0 Å². The number of nitrogens with zero attached hydrogens (tertiary/aromatic N) is 1. The molecule has 0 fully saturated rings. The smallest absolute Gasteiger partial charge is 0.424 e. The third-order valence-corrected chi connectivity index (χ3v) is 7.00. The molecule has 0 saturated carbocycles. The lowest BCUT2D eigenvalue weighted by Crippen LogP contribution is -2.50. The molecule has 176 valence electrons. The molecule has 0 amide bonds. The number of ether oxygens (including phenoxy) is 1. The molecule has 3 rings (SSSR count). The molecule has 1 aromatic heterocycles. The minimum Gasteiger partial charge on any atom is -0.489 e. The Hall–Kier alpha value is -2.08. The largest absolute Gasteiger partial charge is 0.489 e. The predicted molar refractivity (Wildman–Crippen MR) is 113 cm³/mol. The minimum absolute atomic E-state index is 0.0132. The summed E-state index contributed by atoms with van der Waals surface area (Å²) in [4.78, 5) is 4.05. The number of aromatic nitrogens is 1. The Balaban J connectivity index is 2.26. The van der Waals surface area contributed by atoms with Gasteiger partial charge in [-0.3, -0.25) is 0 Å². The molecule has 1 aliphatic rings. The van der Waals surface area contributed by atoms with Gasteiger partial charge in [-0.25, -0.2) is 18.3 Å². The van der Waals surface area contributed by atoms with Gasteiger partial charge in [-0.1, -0.05) is 0 Å². The van der Waals surface area contributed by atoms with Crippen LogP contribution in [-0.2, 0) is 22.1 Å². The van der Waals surface area contributed by atoms with Crippen LogP contribution < -0.4 is 15.2 Å². The summed E-state index contributed by atoms with van der Waals surface area (Å²) in [5.74, 6) is -0.383. The van der Waals surface area contributed by atoms with Gasteiger partial charge in [0.25, 0.3) is 0 Å². The number of nitrogens with two attached hydrogens (primary N) is 1. The lowest BCUT2D eigenvalue weighted by Gasteiger charge is -2.31. The van der Waals surface area contributed by atoms with E-state index in [1.165, 1.54) is 12.1 Å². The second-order valence-corrected chi connectivity index (χ2v) is 10.9. The highest BCUT2D eigenvalue weighted by molar-refractivity contribution is 7.84.